The van der Waals surface area contributed by atoms with Gasteiger partial charge in [0.05, 0.1) is 24.6 Å². The molecule has 0 aromatic carbocycles. The smallest absolute Gasteiger partial charge is 0.257 e. The number of morpholine rings is 1. The number of aromatic nitrogens is 4. The number of thioether (sulfide) groups is 1. The Balaban J connectivity index is 2.07. The van der Waals surface area contributed by atoms with Crippen molar-refractivity contribution in [3.05, 3.63) is 47.9 Å². The van der Waals surface area contributed by atoms with E-state index in [1.54, 1.807) is 24.7 Å². The molecule has 1 fully saturated rings. The van der Waals surface area contributed by atoms with E-state index in [0.717, 1.165) is 4.90 Å². The van der Waals surface area contributed by atoms with Crippen molar-refractivity contribution in [2.75, 3.05) is 26.3 Å². The molecular formula is C15H16N6O2S. The van der Waals surface area contributed by atoms with E-state index in [1.807, 2.05) is 0 Å². The average molecular weight is 344 g/mol. The minimum atomic E-state index is -0.524. The van der Waals surface area contributed by atoms with Crippen molar-refractivity contribution in [3.63, 3.8) is 0 Å². The fourth-order valence-corrected chi connectivity index (χ4v) is 3.20. The molecule has 3 heterocycles. The molecule has 0 bridgehead atoms. The molecule has 1 amide bonds. The fourth-order valence-electron chi connectivity index (χ4n) is 2.31. The van der Waals surface area contributed by atoms with E-state index < -0.39 is 5.91 Å². The molecule has 24 heavy (non-hydrogen) atoms. The predicted octanol–water partition coefficient (Wildman–Crippen LogP) is 0.545. The second kappa shape index (κ2) is 7.84. The zero-order valence-electron chi connectivity index (χ0n) is 12.8. The Morgan fingerprint density at radius 1 is 1.17 bits per heavy atom. The first-order chi connectivity index (χ1) is 11.8. The van der Waals surface area contributed by atoms with Crippen LogP contribution in [0.5, 0.6) is 0 Å². The molecular weight excluding hydrogens is 328 g/mol. The minimum absolute atomic E-state index is 0.394. The summed E-state index contributed by atoms with van der Waals surface area (Å²) in [6.45, 7) is 2.48. The van der Waals surface area contributed by atoms with E-state index in [4.69, 9.17) is 10.5 Å². The van der Waals surface area contributed by atoms with Crippen LogP contribution in [-0.2, 0) is 9.53 Å². The van der Waals surface area contributed by atoms with Crippen LogP contribution in [0.3, 0.4) is 0 Å². The Morgan fingerprint density at radius 3 is 2.54 bits per heavy atom. The number of ether oxygens (including phenoxy) is 1. The normalized spacial score (nSPS) is 15.8. The lowest BCUT2D eigenvalue weighted by Gasteiger charge is -2.31. The largest absolute Gasteiger partial charge is 0.378 e. The van der Waals surface area contributed by atoms with Crippen LogP contribution >= 0.6 is 11.8 Å². The second-order valence-electron chi connectivity index (χ2n) is 4.91. The zero-order chi connectivity index (χ0) is 16.8. The van der Waals surface area contributed by atoms with Crippen molar-refractivity contribution < 1.29 is 9.53 Å². The SMILES string of the molecule is NC(=O)C(Sc1cncnc1)=C(c1ccncn1)N1CCOCC1. The number of rotatable bonds is 5. The second-order valence-corrected chi connectivity index (χ2v) is 6.00. The number of nitrogens with two attached hydrogens (primary N) is 1. The maximum Gasteiger partial charge on any atom is 0.257 e. The van der Waals surface area contributed by atoms with Gasteiger partial charge >= 0.3 is 0 Å². The highest BCUT2D eigenvalue weighted by Crippen LogP contribution is 2.33. The number of carbonyl (C=O) groups is 1. The van der Waals surface area contributed by atoms with Gasteiger partial charge in [0, 0.05) is 36.6 Å². The van der Waals surface area contributed by atoms with Crippen molar-refractivity contribution in [2.45, 2.75) is 4.90 Å². The molecule has 1 saturated heterocycles. The topological polar surface area (TPSA) is 107 Å². The average Bonchev–Trinajstić information content (AvgIpc) is 2.64. The van der Waals surface area contributed by atoms with Crippen LogP contribution in [0.4, 0.5) is 0 Å². The summed E-state index contributed by atoms with van der Waals surface area (Å²) in [5.41, 5.74) is 7.00. The third-order valence-electron chi connectivity index (χ3n) is 3.35. The highest BCUT2D eigenvalue weighted by atomic mass is 32.2. The van der Waals surface area contributed by atoms with Gasteiger partial charge in [-0.25, -0.2) is 19.9 Å². The number of primary amides is 1. The highest BCUT2D eigenvalue weighted by Gasteiger charge is 2.24. The standard InChI is InChI=1S/C15H16N6O2S/c16-15(22)14(24-11-7-18-9-19-8-11)13(12-1-2-17-10-20-12)21-3-5-23-6-4-21/h1-2,7-10H,3-6H2,(H2,16,22). The Kier molecular flexibility index (Phi) is 5.34. The molecule has 1 aliphatic rings. The van der Waals surface area contributed by atoms with Crippen LogP contribution in [0.25, 0.3) is 5.70 Å². The van der Waals surface area contributed by atoms with Gasteiger partial charge in [-0.2, -0.15) is 0 Å². The van der Waals surface area contributed by atoms with Crippen molar-refractivity contribution in [1.29, 1.82) is 0 Å². The predicted molar refractivity (Wildman–Crippen MR) is 88.4 cm³/mol. The van der Waals surface area contributed by atoms with Gasteiger partial charge in [-0.05, 0) is 6.07 Å². The Hall–Kier alpha value is -2.52. The number of amides is 1. The molecule has 0 radical (unpaired) electrons. The number of carbonyl (C=O) groups excluding carboxylic acids is 1. The van der Waals surface area contributed by atoms with Gasteiger partial charge in [0.2, 0.25) is 0 Å². The fraction of sp³-hybridized carbons (Fsp3) is 0.267. The van der Waals surface area contributed by atoms with Crippen molar-refractivity contribution in [3.8, 4) is 0 Å². The molecule has 9 heteroatoms. The Labute approximate surface area is 143 Å². The van der Waals surface area contributed by atoms with E-state index in [1.165, 1.54) is 24.4 Å². The molecule has 0 spiro atoms. The third-order valence-corrected chi connectivity index (χ3v) is 4.39. The summed E-state index contributed by atoms with van der Waals surface area (Å²) >= 11 is 1.23. The molecule has 2 aromatic heterocycles. The summed E-state index contributed by atoms with van der Waals surface area (Å²) in [7, 11) is 0. The van der Waals surface area contributed by atoms with Gasteiger partial charge in [0.15, 0.2) is 0 Å². The first-order valence-electron chi connectivity index (χ1n) is 7.31. The van der Waals surface area contributed by atoms with Crippen LogP contribution in [0, 0.1) is 0 Å². The minimum Gasteiger partial charge on any atom is -0.378 e. The molecule has 0 unspecified atom stereocenters. The van der Waals surface area contributed by atoms with E-state index in [-0.39, 0.29) is 0 Å². The zero-order valence-corrected chi connectivity index (χ0v) is 13.6. The first kappa shape index (κ1) is 16.3. The van der Waals surface area contributed by atoms with Gasteiger partial charge in [0.1, 0.15) is 17.6 Å². The number of hydrogen-bond donors (Lipinski definition) is 1. The molecule has 2 aromatic rings. The summed E-state index contributed by atoms with van der Waals surface area (Å²) in [4.78, 5) is 31.5. The molecule has 3 rings (SSSR count). The summed E-state index contributed by atoms with van der Waals surface area (Å²) in [6.07, 6.45) is 7.79. The lowest BCUT2D eigenvalue weighted by molar-refractivity contribution is -0.113. The molecule has 2 N–H and O–H groups in total. The van der Waals surface area contributed by atoms with Crippen LogP contribution in [0.2, 0.25) is 0 Å². The lowest BCUT2D eigenvalue weighted by Crippen LogP contribution is -2.36. The number of hydrogen-bond acceptors (Lipinski definition) is 8. The highest BCUT2D eigenvalue weighted by molar-refractivity contribution is 8.04. The molecule has 1 aliphatic heterocycles. The van der Waals surface area contributed by atoms with E-state index in [0.29, 0.717) is 42.6 Å². The quantitative estimate of drug-likeness (QED) is 0.619. The van der Waals surface area contributed by atoms with E-state index in [9.17, 15) is 4.79 Å². The van der Waals surface area contributed by atoms with Crippen LogP contribution < -0.4 is 5.73 Å². The van der Waals surface area contributed by atoms with Crippen molar-refractivity contribution >= 4 is 23.4 Å². The molecule has 124 valence electrons. The van der Waals surface area contributed by atoms with E-state index in [2.05, 4.69) is 24.8 Å². The maximum atomic E-state index is 12.2. The Bertz CT molecular complexity index is 719. The van der Waals surface area contributed by atoms with Gasteiger partial charge < -0.3 is 15.4 Å². The molecule has 0 aliphatic carbocycles. The first-order valence-corrected chi connectivity index (χ1v) is 8.13. The summed E-state index contributed by atoms with van der Waals surface area (Å²) in [5, 5.41) is 0. The summed E-state index contributed by atoms with van der Waals surface area (Å²) < 4.78 is 5.40. The molecule has 0 atom stereocenters. The van der Waals surface area contributed by atoms with Crippen LogP contribution in [0.15, 0.2) is 47.1 Å². The summed E-state index contributed by atoms with van der Waals surface area (Å²) in [5.74, 6) is -0.524. The van der Waals surface area contributed by atoms with Crippen LogP contribution in [0.1, 0.15) is 5.69 Å². The van der Waals surface area contributed by atoms with Gasteiger partial charge in [-0.3, -0.25) is 4.79 Å². The monoisotopic (exact) mass is 344 g/mol. The van der Waals surface area contributed by atoms with Crippen LogP contribution in [-0.4, -0.2) is 57.0 Å². The van der Waals surface area contributed by atoms with Crippen molar-refractivity contribution in [2.24, 2.45) is 5.73 Å². The van der Waals surface area contributed by atoms with Gasteiger partial charge in [-0.1, -0.05) is 11.8 Å². The van der Waals surface area contributed by atoms with Crippen molar-refractivity contribution in [1.82, 2.24) is 24.8 Å². The van der Waals surface area contributed by atoms with E-state index >= 15 is 0 Å². The number of nitrogens with zero attached hydrogens (tertiary/aromatic N) is 5. The molecule has 0 saturated carbocycles. The molecule has 8 nitrogen and oxygen atoms in total. The lowest BCUT2D eigenvalue weighted by atomic mass is 10.2. The summed E-state index contributed by atoms with van der Waals surface area (Å²) in [6, 6.07) is 1.76. The van der Waals surface area contributed by atoms with Gasteiger partial charge in [0.25, 0.3) is 5.91 Å². The van der Waals surface area contributed by atoms with Gasteiger partial charge in [-0.15, -0.1) is 0 Å². The maximum absolute atomic E-state index is 12.2. The Morgan fingerprint density at radius 2 is 1.92 bits per heavy atom. The third kappa shape index (κ3) is 3.87.